The highest BCUT2D eigenvalue weighted by atomic mass is 16.5. The molecule has 1 N–H and O–H groups in total. The fourth-order valence-corrected chi connectivity index (χ4v) is 1.38. The Kier molecular flexibility index (Phi) is 3.74. The number of rotatable bonds is 5. The van der Waals surface area contributed by atoms with Crippen LogP contribution in [-0.4, -0.2) is 25.3 Å². The zero-order valence-corrected chi connectivity index (χ0v) is 9.39. The molecule has 0 aromatic rings. The predicted octanol–water partition coefficient (Wildman–Crippen LogP) is 2.19. The van der Waals surface area contributed by atoms with E-state index >= 15 is 0 Å². The molecule has 0 spiro atoms. The minimum atomic E-state index is -0.00134. The summed E-state index contributed by atoms with van der Waals surface area (Å²) in [6.07, 6.45) is 4.13. The van der Waals surface area contributed by atoms with E-state index in [4.69, 9.17) is 4.74 Å². The van der Waals surface area contributed by atoms with E-state index in [0.717, 1.165) is 12.5 Å². The molecule has 2 nitrogen and oxygen atoms in total. The molecule has 1 saturated carbocycles. The maximum Gasteiger partial charge on any atom is 0.0626 e. The molecule has 0 radical (unpaired) electrons. The van der Waals surface area contributed by atoms with Crippen LogP contribution in [0.25, 0.3) is 0 Å². The maximum atomic E-state index is 5.75. The molecule has 1 atom stereocenters. The first-order valence-corrected chi connectivity index (χ1v) is 5.32. The Morgan fingerprint density at radius 1 is 1.38 bits per heavy atom. The molecule has 0 aliphatic heterocycles. The van der Waals surface area contributed by atoms with E-state index in [0.29, 0.717) is 6.04 Å². The third-order valence-electron chi connectivity index (χ3n) is 2.44. The lowest BCUT2D eigenvalue weighted by Gasteiger charge is -2.24. The Bertz CT molecular complexity index is 147. The number of nitrogens with one attached hydrogen (secondary N) is 1. The SMILES string of the molecule is CNC(COC(C)(C)C)CC1CC1. The van der Waals surface area contributed by atoms with Gasteiger partial charge in [0.15, 0.2) is 0 Å². The first-order chi connectivity index (χ1) is 6.01. The lowest BCUT2D eigenvalue weighted by Crippen LogP contribution is -2.34. The van der Waals surface area contributed by atoms with Gasteiger partial charge in [0.25, 0.3) is 0 Å². The van der Waals surface area contributed by atoms with Gasteiger partial charge in [-0.1, -0.05) is 12.8 Å². The molecule has 13 heavy (non-hydrogen) atoms. The van der Waals surface area contributed by atoms with E-state index in [1.807, 2.05) is 7.05 Å². The van der Waals surface area contributed by atoms with E-state index < -0.39 is 0 Å². The average molecular weight is 185 g/mol. The van der Waals surface area contributed by atoms with Crippen molar-refractivity contribution in [2.75, 3.05) is 13.7 Å². The molecular weight excluding hydrogens is 162 g/mol. The van der Waals surface area contributed by atoms with Gasteiger partial charge in [0.1, 0.15) is 0 Å². The molecular formula is C11H23NO. The highest BCUT2D eigenvalue weighted by Gasteiger charge is 2.25. The van der Waals surface area contributed by atoms with Crippen molar-refractivity contribution in [2.24, 2.45) is 5.92 Å². The topological polar surface area (TPSA) is 21.3 Å². The van der Waals surface area contributed by atoms with Crippen LogP contribution in [0, 0.1) is 5.92 Å². The summed E-state index contributed by atoms with van der Waals surface area (Å²) in [5.41, 5.74) is -0.00134. The van der Waals surface area contributed by atoms with Crippen LogP contribution in [0.3, 0.4) is 0 Å². The van der Waals surface area contributed by atoms with Gasteiger partial charge in [-0.2, -0.15) is 0 Å². The van der Waals surface area contributed by atoms with Crippen molar-refractivity contribution in [3.8, 4) is 0 Å². The van der Waals surface area contributed by atoms with Gasteiger partial charge >= 0.3 is 0 Å². The maximum absolute atomic E-state index is 5.75. The Hall–Kier alpha value is -0.0800. The third-order valence-corrected chi connectivity index (χ3v) is 2.44. The van der Waals surface area contributed by atoms with Crippen molar-refractivity contribution in [1.82, 2.24) is 5.32 Å². The molecule has 1 aliphatic rings. The molecule has 78 valence electrons. The van der Waals surface area contributed by atoms with Crippen LogP contribution in [0.4, 0.5) is 0 Å². The summed E-state index contributed by atoms with van der Waals surface area (Å²) < 4.78 is 5.75. The Labute approximate surface area is 82.0 Å². The van der Waals surface area contributed by atoms with Crippen LogP contribution in [0.15, 0.2) is 0 Å². The van der Waals surface area contributed by atoms with Crippen molar-refractivity contribution in [3.63, 3.8) is 0 Å². The van der Waals surface area contributed by atoms with Gasteiger partial charge in [-0.25, -0.2) is 0 Å². The van der Waals surface area contributed by atoms with Gasteiger partial charge in [0, 0.05) is 6.04 Å². The largest absolute Gasteiger partial charge is 0.374 e. The molecule has 0 heterocycles. The molecule has 0 aromatic carbocycles. The van der Waals surface area contributed by atoms with Crippen LogP contribution < -0.4 is 5.32 Å². The van der Waals surface area contributed by atoms with Gasteiger partial charge < -0.3 is 10.1 Å². The molecule has 0 aromatic heterocycles. The average Bonchev–Trinajstić information content (AvgIpc) is 2.79. The Morgan fingerprint density at radius 2 is 2.00 bits per heavy atom. The summed E-state index contributed by atoms with van der Waals surface area (Å²) in [6, 6.07) is 0.548. The Balaban J connectivity index is 2.14. The molecule has 1 rings (SSSR count). The van der Waals surface area contributed by atoms with Gasteiger partial charge in [-0.3, -0.25) is 0 Å². The molecule has 0 bridgehead atoms. The monoisotopic (exact) mass is 185 g/mol. The normalized spacial score (nSPS) is 20.3. The Morgan fingerprint density at radius 3 is 2.38 bits per heavy atom. The fourth-order valence-electron chi connectivity index (χ4n) is 1.38. The molecule has 2 heteroatoms. The van der Waals surface area contributed by atoms with E-state index in [1.54, 1.807) is 0 Å². The second kappa shape index (κ2) is 4.43. The zero-order valence-electron chi connectivity index (χ0n) is 9.39. The predicted molar refractivity (Wildman–Crippen MR) is 55.9 cm³/mol. The van der Waals surface area contributed by atoms with Crippen molar-refractivity contribution < 1.29 is 4.74 Å². The van der Waals surface area contributed by atoms with Gasteiger partial charge in [-0.15, -0.1) is 0 Å². The van der Waals surface area contributed by atoms with E-state index in [1.165, 1.54) is 19.3 Å². The smallest absolute Gasteiger partial charge is 0.0626 e. The summed E-state index contributed by atoms with van der Waals surface area (Å²) in [4.78, 5) is 0. The van der Waals surface area contributed by atoms with Gasteiger partial charge in [-0.05, 0) is 40.2 Å². The van der Waals surface area contributed by atoms with Crippen LogP contribution in [0.5, 0.6) is 0 Å². The number of likely N-dealkylation sites (N-methyl/N-ethyl adjacent to an activating group) is 1. The quantitative estimate of drug-likeness (QED) is 0.709. The standard InChI is InChI=1S/C11H23NO/c1-11(2,3)13-8-10(12-4)7-9-5-6-9/h9-10,12H,5-8H2,1-4H3. The van der Waals surface area contributed by atoms with Crippen molar-refractivity contribution in [1.29, 1.82) is 0 Å². The van der Waals surface area contributed by atoms with Crippen molar-refractivity contribution in [2.45, 2.75) is 51.7 Å². The summed E-state index contributed by atoms with van der Waals surface area (Å²) >= 11 is 0. The van der Waals surface area contributed by atoms with Crippen LogP contribution in [-0.2, 0) is 4.74 Å². The lowest BCUT2D eigenvalue weighted by atomic mass is 10.1. The number of hydrogen-bond donors (Lipinski definition) is 1. The highest BCUT2D eigenvalue weighted by Crippen LogP contribution is 2.33. The summed E-state index contributed by atoms with van der Waals surface area (Å²) in [7, 11) is 2.03. The second-order valence-corrected chi connectivity index (χ2v) is 5.09. The highest BCUT2D eigenvalue weighted by molar-refractivity contribution is 4.79. The minimum absolute atomic E-state index is 0.00134. The van der Waals surface area contributed by atoms with E-state index in [9.17, 15) is 0 Å². The molecule has 1 fully saturated rings. The van der Waals surface area contributed by atoms with Gasteiger partial charge in [0.05, 0.1) is 12.2 Å². The van der Waals surface area contributed by atoms with Gasteiger partial charge in [0.2, 0.25) is 0 Å². The summed E-state index contributed by atoms with van der Waals surface area (Å²) in [5.74, 6) is 0.973. The lowest BCUT2D eigenvalue weighted by molar-refractivity contribution is -0.0151. The fraction of sp³-hybridized carbons (Fsp3) is 1.00. The van der Waals surface area contributed by atoms with Crippen molar-refractivity contribution >= 4 is 0 Å². The van der Waals surface area contributed by atoms with Crippen LogP contribution in [0.1, 0.15) is 40.0 Å². The number of ether oxygens (including phenoxy) is 1. The van der Waals surface area contributed by atoms with E-state index in [-0.39, 0.29) is 5.60 Å². The first-order valence-electron chi connectivity index (χ1n) is 5.32. The van der Waals surface area contributed by atoms with E-state index in [2.05, 4.69) is 26.1 Å². The van der Waals surface area contributed by atoms with Crippen LogP contribution >= 0.6 is 0 Å². The second-order valence-electron chi connectivity index (χ2n) is 5.09. The summed E-state index contributed by atoms with van der Waals surface area (Å²) in [5, 5.41) is 3.32. The molecule has 0 amide bonds. The molecule has 1 aliphatic carbocycles. The summed E-state index contributed by atoms with van der Waals surface area (Å²) in [6.45, 7) is 7.17. The molecule has 0 saturated heterocycles. The minimum Gasteiger partial charge on any atom is -0.374 e. The first kappa shape index (κ1) is 11.0. The zero-order chi connectivity index (χ0) is 9.90. The molecule has 1 unspecified atom stereocenters. The number of hydrogen-bond acceptors (Lipinski definition) is 2. The third kappa shape index (κ3) is 5.27. The van der Waals surface area contributed by atoms with Crippen molar-refractivity contribution in [3.05, 3.63) is 0 Å². The van der Waals surface area contributed by atoms with Crippen LogP contribution in [0.2, 0.25) is 0 Å².